The molecule has 1 saturated carbocycles. The van der Waals surface area contributed by atoms with Gasteiger partial charge in [0.25, 0.3) is 0 Å². The van der Waals surface area contributed by atoms with Gasteiger partial charge in [-0.25, -0.2) is 0 Å². The Bertz CT molecular complexity index is 753. The number of benzene rings is 2. The highest BCUT2D eigenvalue weighted by molar-refractivity contribution is 6.92. The summed E-state index contributed by atoms with van der Waals surface area (Å²) in [7, 11) is -1.30. The molecule has 2 aliphatic rings. The van der Waals surface area contributed by atoms with Crippen LogP contribution >= 0.6 is 0 Å². The first-order valence-electron chi connectivity index (χ1n) is 12.5. The van der Waals surface area contributed by atoms with Crippen molar-refractivity contribution in [1.29, 1.82) is 0 Å². The molecule has 30 heavy (non-hydrogen) atoms. The summed E-state index contributed by atoms with van der Waals surface area (Å²) in [6.07, 6.45) is 12.7. The first kappa shape index (κ1) is 21.7. The van der Waals surface area contributed by atoms with E-state index in [1.54, 1.807) is 5.19 Å². The van der Waals surface area contributed by atoms with E-state index in [1.807, 2.05) is 12.1 Å². The van der Waals surface area contributed by atoms with E-state index in [4.69, 9.17) is 0 Å². The Morgan fingerprint density at radius 3 is 2.03 bits per heavy atom. The molecule has 1 nitrogen and oxygen atoms in total. The van der Waals surface area contributed by atoms with Crippen molar-refractivity contribution in [3.8, 4) is 5.75 Å². The van der Waals surface area contributed by atoms with Gasteiger partial charge in [-0.3, -0.25) is 0 Å². The second-order valence-corrected chi connectivity index (χ2v) is 14.8. The topological polar surface area (TPSA) is 20.2 Å². The molecular formula is C28H40OSi. The minimum atomic E-state index is -1.30. The number of hydrogen-bond donors (Lipinski definition) is 1. The zero-order valence-electron chi connectivity index (χ0n) is 18.9. The number of hydrogen-bond acceptors (Lipinski definition) is 1. The van der Waals surface area contributed by atoms with Crippen LogP contribution in [0.3, 0.4) is 0 Å². The minimum absolute atomic E-state index is 0.389. The summed E-state index contributed by atoms with van der Waals surface area (Å²) in [5.74, 6) is 3.02. The van der Waals surface area contributed by atoms with Crippen molar-refractivity contribution in [2.75, 3.05) is 0 Å². The fourth-order valence-corrected chi connectivity index (χ4v) is 11.8. The van der Waals surface area contributed by atoms with Gasteiger partial charge in [0, 0.05) is 0 Å². The van der Waals surface area contributed by atoms with Crippen LogP contribution in [0.5, 0.6) is 5.75 Å². The SMILES string of the molecule is CCCCC[Si]1(c2ccccc2)CCC(C2CCC(c3ccc(O)cc3)CC2)CC1. The van der Waals surface area contributed by atoms with Crippen LogP contribution in [0.4, 0.5) is 0 Å². The minimum Gasteiger partial charge on any atom is -0.508 e. The summed E-state index contributed by atoms with van der Waals surface area (Å²) < 4.78 is 0. The zero-order chi connectivity index (χ0) is 20.8. The molecule has 0 atom stereocenters. The van der Waals surface area contributed by atoms with Gasteiger partial charge in [0.15, 0.2) is 0 Å². The van der Waals surface area contributed by atoms with Crippen molar-refractivity contribution < 1.29 is 5.11 Å². The molecule has 2 fully saturated rings. The van der Waals surface area contributed by atoms with E-state index in [-0.39, 0.29) is 0 Å². The van der Waals surface area contributed by atoms with Gasteiger partial charge < -0.3 is 5.11 Å². The molecule has 162 valence electrons. The summed E-state index contributed by atoms with van der Waals surface area (Å²) in [6.45, 7) is 2.34. The molecule has 2 aromatic carbocycles. The van der Waals surface area contributed by atoms with Crippen LogP contribution in [0.15, 0.2) is 54.6 Å². The van der Waals surface area contributed by atoms with Gasteiger partial charge in [-0.1, -0.05) is 105 Å². The largest absolute Gasteiger partial charge is 0.508 e. The molecule has 2 aromatic rings. The molecule has 0 bridgehead atoms. The van der Waals surface area contributed by atoms with Crippen molar-refractivity contribution in [3.05, 3.63) is 60.2 Å². The molecule has 0 amide bonds. The predicted molar refractivity (Wildman–Crippen MR) is 131 cm³/mol. The maximum Gasteiger partial charge on any atom is 0.115 e. The average molecular weight is 421 g/mol. The number of rotatable bonds is 7. The van der Waals surface area contributed by atoms with Gasteiger partial charge in [0.05, 0.1) is 8.07 Å². The molecule has 1 aliphatic heterocycles. The fourth-order valence-electron chi connectivity index (χ4n) is 6.52. The quantitative estimate of drug-likeness (QED) is 0.361. The molecule has 0 spiro atoms. The monoisotopic (exact) mass is 420 g/mol. The number of unbranched alkanes of at least 4 members (excludes halogenated alkanes) is 2. The first-order valence-corrected chi connectivity index (χ1v) is 15.2. The van der Waals surface area contributed by atoms with Crippen LogP contribution < -0.4 is 5.19 Å². The van der Waals surface area contributed by atoms with E-state index >= 15 is 0 Å². The van der Waals surface area contributed by atoms with Gasteiger partial charge in [-0.05, 0) is 61.1 Å². The van der Waals surface area contributed by atoms with Gasteiger partial charge in [0.2, 0.25) is 0 Å². The Morgan fingerprint density at radius 1 is 0.767 bits per heavy atom. The lowest BCUT2D eigenvalue weighted by atomic mass is 9.72. The Kier molecular flexibility index (Phi) is 7.35. The molecule has 2 heteroatoms. The maximum absolute atomic E-state index is 9.56. The molecule has 0 aromatic heterocycles. The van der Waals surface area contributed by atoms with Crippen molar-refractivity contribution in [2.45, 2.75) is 88.8 Å². The van der Waals surface area contributed by atoms with Crippen LogP contribution in [-0.4, -0.2) is 13.2 Å². The molecule has 0 radical (unpaired) electrons. The molecule has 4 rings (SSSR count). The fraction of sp³-hybridized carbons (Fsp3) is 0.571. The van der Waals surface area contributed by atoms with Crippen LogP contribution in [-0.2, 0) is 0 Å². The van der Waals surface area contributed by atoms with Crippen LogP contribution in [0, 0.1) is 11.8 Å². The molecular weight excluding hydrogens is 380 g/mol. The highest BCUT2D eigenvalue weighted by Crippen LogP contribution is 2.46. The normalized spacial score (nSPS) is 29.6. The lowest BCUT2D eigenvalue weighted by Crippen LogP contribution is -2.50. The molecule has 1 saturated heterocycles. The summed E-state index contributed by atoms with van der Waals surface area (Å²) in [5.41, 5.74) is 1.43. The third kappa shape index (κ3) is 5.02. The first-order chi connectivity index (χ1) is 14.7. The number of aromatic hydroxyl groups is 1. The van der Waals surface area contributed by atoms with Crippen molar-refractivity contribution >= 4 is 13.3 Å². The molecule has 1 aliphatic carbocycles. The zero-order valence-corrected chi connectivity index (χ0v) is 19.9. The Labute approximate surface area is 184 Å². The summed E-state index contributed by atoms with van der Waals surface area (Å²) in [5, 5.41) is 11.3. The average Bonchev–Trinajstić information content (AvgIpc) is 2.81. The maximum atomic E-state index is 9.56. The van der Waals surface area contributed by atoms with Crippen molar-refractivity contribution in [3.63, 3.8) is 0 Å². The number of phenols is 1. The summed E-state index contributed by atoms with van der Waals surface area (Å²) in [6, 6.07) is 24.2. The second kappa shape index (κ2) is 10.2. The second-order valence-electron chi connectivity index (χ2n) is 10.1. The van der Waals surface area contributed by atoms with E-state index in [1.165, 1.54) is 81.5 Å². The summed E-state index contributed by atoms with van der Waals surface area (Å²) in [4.78, 5) is 0. The smallest absolute Gasteiger partial charge is 0.115 e. The van der Waals surface area contributed by atoms with Crippen LogP contribution in [0.2, 0.25) is 18.1 Å². The van der Waals surface area contributed by atoms with Gasteiger partial charge in [-0.15, -0.1) is 0 Å². The third-order valence-corrected chi connectivity index (χ3v) is 13.8. The van der Waals surface area contributed by atoms with Crippen molar-refractivity contribution in [2.24, 2.45) is 11.8 Å². The van der Waals surface area contributed by atoms with E-state index in [0.29, 0.717) is 11.7 Å². The lowest BCUT2D eigenvalue weighted by molar-refractivity contribution is 0.215. The standard InChI is InChI=1S/C28H40OSi/c1-2-3-7-20-30(28-8-5-4-6-9-28)21-18-26(19-22-30)24-12-10-23(11-13-24)25-14-16-27(29)17-15-25/h4-6,8-9,14-17,23-24,26,29H,2-3,7,10-13,18-22H2,1H3. The lowest BCUT2D eigenvalue weighted by Gasteiger charge is -2.43. The van der Waals surface area contributed by atoms with Crippen LogP contribution in [0.25, 0.3) is 0 Å². The number of phenolic OH excluding ortho intramolecular Hbond substituents is 1. The Hall–Kier alpha value is -1.54. The Morgan fingerprint density at radius 2 is 1.40 bits per heavy atom. The molecule has 1 N–H and O–H groups in total. The highest BCUT2D eigenvalue weighted by atomic mass is 28.3. The van der Waals surface area contributed by atoms with E-state index in [9.17, 15) is 5.11 Å². The predicted octanol–water partition coefficient (Wildman–Crippen LogP) is 7.62. The summed E-state index contributed by atoms with van der Waals surface area (Å²) >= 11 is 0. The van der Waals surface area contributed by atoms with Gasteiger partial charge in [-0.2, -0.15) is 0 Å². The van der Waals surface area contributed by atoms with Crippen molar-refractivity contribution in [1.82, 2.24) is 0 Å². The van der Waals surface area contributed by atoms with E-state index in [0.717, 1.165) is 11.8 Å². The van der Waals surface area contributed by atoms with Crippen LogP contribution in [0.1, 0.15) is 76.2 Å². The third-order valence-electron chi connectivity index (χ3n) is 8.44. The van der Waals surface area contributed by atoms with E-state index in [2.05, 4.69) is 49.4 Å². The van der Waals surface area contributed by atoms with Gasteiger partial charge in [0.1, 0.15) is 5.75 Å². The van der Waals surface area contributed by atoms with Gasteiger partial charge >= 0.3 is 0 Å². The molecule has 0 unspecified atom stereocenters. The Balaban J connectivity index is 1.34. The molecule has 1 heterocycles. The highest BCUT2D eigenvalue weighted by Gasteiger charge is 2.40. The van der Waals surface area contributed by atoms with E-state index < -0.39 is 8.07 Å².